The fourth-order valence-corrected chi connectivity index (χ4v) is 3.19. The second kappa shape index (κ2) is 6.40. The van der Waals surface area contributed by atoms with Crippen molar-refractivity contribution in [3.8, 4) is 11.4 Å². The minimum Gasteiger partial charge on any atom is -0.488 e. The molecule has 3 aromatic rings. The number of ether oxygens (including phenoxy) is 1. The molecule has 0 amide bonds. The number of H-pyrrole nitrogens is 1. The molecule has 0 spiro atoms. The molecule has 0 saturated heterocycles. The van der Waals surface area contributed by atoms with E-state index in [9.17, 15) is 9.18 Å². The molecule has 1 aliphatic rings. The fourth-order valence-electron chi connectivity index (χ4n) is 3.19. The summed E-state index contributed by atoms with van der Waals surface area (Å²) in [5.74, 6) is 0.665. The van der Waals surface area contributed by atoms with Gasteiger partial charge in [0.2, 0.25) is 0 Å². The highest BCUT2D eigenvalue weighted by Crippen LogP contribution is 2.43. The van der Waals surface area contributed by atoms with E-state index in [1.807, 2.05) is 25.1 Å². The van der Waals surface area contributed by atoms with Crippen LogP contribution in [-0.4, -0.2) is 20.2 Å². The first kappa shape index (κ1) is 16.5. The number of aromatic amines is 1. The van der Waals surface area contributed by atoms with Crippen LogP contribution in [-0.2, 0) is 6.61 Å². The number of hydrogen-bond donors (Lipinski definition) is 1. The number of halogens is 1. The molecule has 0 atom stereocenters. The summed E-state index contributed by atoms with van der Waals surface area (Å²) >= 11 is 0. The number of tetrazole rings is 1. The molecule has 134 valence electrons. The maximum atomic E-state index is 13.9. The minimum atomic E-state index is -0.406. The molecule has 0 aliphatic heterocycles. The van der Waals surface area contributed by atoms with E-state index in [0.29, 0.717) is 22.9 Å². The molecule has 7 heteroatoms. The van der Waals surface area contributed by atoms with E-state index < -0.39 is 5.69 Å². The summed E-state index contributed by atoms with van der Waals surface area (Å²) in [6.07, 6.45) is 2.23. The van der Waals surface area contributed by atoms with Crippen molar-refractivity contribution < 1.29 is 9.13 Å². The van der Waals surface area contributed by atoms with Gasteiger partial charge in [0.15, 0.2) is 0 Å². The summed E-state index contributed by atoms with van der Waals surface area (Å²) in [5.41, 5.74) is 3.71. The van der Waals surface area contributed by atoms with Crippen LogP contribution in [0.4, 0.5) is 4.39 Å². The van der Waals surface area contributed by atoms with Crippen molar-refractivity contribution >= 4 is 0 Å². The minimum absolute atomic E-state index is 0.227. The number of aryl methyl sites for hydroxylation is 2. The van der Waals surface area contributed by atoms with Gasteiger partial charge in [0.05, 0.1) is 5.69 Å². The number of aromatic nitrogens is 4. The number of nitrogens with zero attached hydrogens (tertiary/aromatic N) is 3. The van der Waals surface area contributed by atoms with Gasteiger partial charge in [-0.25, -0.2) is 14.3 Å². The first-order valence-electron chi connectivity index (χ1n) is 8.56. The van der Waals surface area contributed by atoms with E-state index in [1.165, 1.54) is 10.7 Å². The molecule has 1 heterocycles. The highest BCUT2D eigenvalue weighted by Gasteiger charge is 2.28. The Morgan fingerprint density at radius 3 is 2.77 bits per heavy atom. The largest absolute Gasteiger partial charge is 0.488 e. The van der Waals surface area contributed by atoms with Crippen LogP contribution in [0.1, 0.15) is 41.0 Å². The molecular weight excluding hydrogens is 335 g/mol. The molecule has 1 aromatic heterocycles. The molecule has 1 aliphatic carbocycles. The van der Waals surface area contributed by atoms with Crippen LogP contribution >= 0.6 is 0 Å². The van der Waals surface area contributed by atoms with Crippen LogP contribution < -0.4 is 10.4 Å². The Labute approximate surface area is 149 Å². The molecule has 2 aromatic carbocycles. The van der Waals surface area contributed by atoms with E-state index in [1.54, 1.807) is 13.0 Å². The van der Waals surface area contributed by atoms with Crippen molar-refractivity contribution in [3.63, 3.8) is 0 Å². The molecule has 6 nitrogen and oxygen atoms in total. The van der Waals surface area contributed by atoms with Crippen LogP contribution in [0.25, 0.3) is 5.69 Å². The zero-order valence-electron chi connectivity index (χ0n) is 14.6. The number of benzene rings is 2. The summed E-state index contributed by atoms with van der Waals surface area (Å²) in [4.78, 5) is 12.0. The molecule has 0 bridgehead atoms. The molecule has 0 unspecified atom stereocenters. The van der Waals surface area contributed by atoms with Gasteiger partial charge in [0, 0.05) is 11.6 Å². The Kier molecular flexibility index (Phi) is 4.06. The van der Waals surface area contributed by atoms with Crippen molar-refractivity contribution in [1.29, 1.82) is 0 Å². The van der Waals surface area contributed by atoms with Crippen molar-refractivity contribution in [2.45, 2.75) is 39.2 Å². The van der Waals surface area contributed by atoms with Crippen molar-refractivity contribution in [1.82, 2.24) is 20.2 Å². The fraction of sp³-hybridized carbons (Fsp3) is 0.316. The van der Waals surface area contributed by atoms with Gasteiger partial charge in [-0.15, -0.1) is 0 Å². The van der Waals surface area contributed by atoms with Crippen molar-refractivity contribution in [2.75, 3.05) is 0 Å². The Morgan fingerprint density at radius 2 is 2.08 bits per heavy atom. The predicted molar refractivity (Wildman–Crippen MR) is 94.2 cm³/mol. The molecule has 1 saturated carbocycles. The van der Waals surface area contributed by atoms with Gasteiger partial charge in [-0.1, -0.05) is 12.1 Å². The lowest BCUT2D eigenvalue weighted by atomic mass is 10.0. The molecule has 1 N–H and O–H groups in total. The molecule has 1 fully saturated rings. The predicted octanol–water partition coefficient (Wildman–Crippen LogP) is 3.17. The van der Waals surface area contributed by atoms with E-state index in [0.717, 1.165) is 29.5 Å². The summed E-state index contributed by atoms with van der Waals surface area (Å²) in [6, 6.07) is 8.95. The maximum absolute atomic E-state index is 13.9. The van der Waals surface area contributed by atoms with Gasteiger partial charge >= 0.3 is 5.69 Å². The second-order valence-corrected chi connectivity index (χ2v) is 6.69. The molecule has 4 rings (SSSR count). The average Bonchev–Trinajstić information content (AvgIpc) is 3.38. The number of rotatable bonds is 5. The van der Waals surface area contributed by atoms with Crippen LogP contribution in [0, 0.1) is 19.7 Å². The first-order valence-corrected chi connectivity index (χ1v) is 8.56. The van der Waals surface area contributed by atoms with Crippen LogP contribution in [0.15, 0.2) is 35.1 Å². The van der Waals surface area contributed by atoms with Gasteiger partial charge in [-0.3, -0.25) is 0 Å². The monoisotopic (exact) mass is 354 g/mol. The first-order chi connectivity index (χ1) is 12.5. The Hall–Kier alpha value is -2.96. The summed E-state index contributed by atoms with van der Waals surface area (Å²) in [7, 11) is 0. The third-order valence-electron chi connectivity index (χ3n) is 4.73. The van der Waals surface area contributed by atoms with E-state index >= 15 is 0 Å². The quantitative estimate of drug-likeness (QED) is 0.764. The van der Waals surface area contributed by atoms with Crippen LogP contribution in [0.5, 0.6) is 5.75 Å². The smallest absolute Gasteiger partial charge is 0.365 e. The van der Waals surface area contributed by atoms with Crippen molar-refractivity contribution in [2.24, 2.45) is 0 Å². The average molecular weight is 354 g/mol. The number of hydrogen-bond acceptors (Lipinski definition) is 4. The lowest BCUT2D eigenvalue weighted by molar-refractivity contribution is 0.300. The maximum Gasteiger partial charge on any atom is 0.365 e. The molecular formula is C19H19FN4O2. The highest BCUT2D eigenvalue weighted by atomic mass is 19.1. The normalized spacial score (nSPS) is 13.8. The van der Waals surface area contributed by atoms with E-state index in [2.05, 4.69) is 15.5 Å². The Balaban J connectivity index is 1.72. The van der Waals surface area contributed by atoms with Crippen molar-refractivity contribution in [3.05, 3.63) is 68.9 Å². The van der Waals surface area contributed by atoms with Gasteiger partial charge in [-0.2, -0.15) is 4.68 Å². The second-order valence-electron chi connectivity index (χ2n) is 6.69. The van der Waals surface area contributed by atoms with Gasteiger partial charge < -0.3 is 4.74 Å². The Bertz CT molecular complexity index is 1020. The summed E-state index contributed by atoms with van der Waals surface area (Å²) < 4.78 is 21.1. The molecule has 26 heavy (non-hydrogen) atoms. The van der Waals surface area contributed by atoms with Crippen LogP contribution in [0.2, 0.25) is 0 Å². The number of nitrogens with one attached hydrogen (secondary N) is 1. The third-order valence-corrected chi connectivity index (χ3v) is 4.73. The third kappa shape index (κ3) is 3.00. The lowest BCUT2D eigenvalue weighted by Crippen LogP contribution is -2.19. The summed E-state index contributed by atoms with van der Waals surface area (Å²) in [6.45, 7) is 3.84. The zero-order valence-corrected chi connectivity index (χ0v) is 14.6. The van der Waals surface area contributed by atoms with Gasteiger partial charge in [0.25, 0.3) is 0 Å². The Morgan fingerprint density at radius 1 is 1.27 bits per heavy atom. The highest BCUT2D eigenvalue weighted by molar-refractivity contribution is 5.48. The zero-order chi connectivity index (χ0) is 18.3. The topological polar surface area (TPSA) is 72.8 Å². The van der Waals surface area contributed by atoms with E-state index in [4.69, 9.17) is 4.74 Å². The van der Waals surface area contributed by atoms with Crippen LogP contribution in [0.3, 0.4) is 0 Å². The molecule has 0 radical (unpaired) electrons. The van der Waals surface area contributed by atoms with Gasteiger partial charge in [-0.05, 0) is 71.9 Å². The lowest BCUT2D eigenvalue weighted by Gasteiger charge is -2.16. The summed E-state index contributed by atoms with van der Waals surface area (Å²) in [5, 5.41) is 9.73. The standard InChI is InChI=1S/C19H19FN4O2/c1-11-8-12(2)18(9-16(11)20)26-10-15-14(13-6-7-13)4-3-5-17(15)24-19(25)21-22-23-24/h3-5,8-9,13H,6-7,10H2,1-2H3,(H,21,23,25). The van der Waals surface area contributed by atoms with Gasteiger partial charge in [0.1, 0.15) is 18.2 Å². The SMILES string of the molecule is Cc1cc(C)c(OCc2c(C3CC3)cccc2-n2nn[nH]c2=O)cc1F. The van der Waals surface area contributed by atoms with E-state index in [-0.39, 0.29) is 12.4 Å².